The molecule has 4 rings (SSSR count). The second-order valence-corrected chi connectivity index (χ2v) is 6.41. The quantitative estimate of drug-likeness (QED) is 0.534. The number of carbonyl (C=O) groups excluding carboxylic acids is 1. The molecule has 4 aromatic heterocycles. The molecule has 4 heterocycles. The first-order valence-corrected chi connectivity index (χ1v) is 8.79. The molecule has 0 aromatic carbocycles. The normalized spacial score (nSPS) is 11.0. The maximum Gasteiger partial charge on any atom is 0.274 e. The van der Waals surface area contributed by atoms with Gasteiger partial charge < -0.3 is 13.9 Å². The number of fused-ring (bicyclic) bond motifs is 1. The zero-order valence-electron chi connectivity index (χ0n) is 13.4. The second kappa shape index (κ2) is 6.86. The van der Waals surface area contributed by atoms with Crippen LogP contribution < -0.4 is 0 Å². The lowest BCUT2D eigenvalue weighted by molar-refractivity contribution is 0.0732. The molecule has 25 heavy (non-hydrogen) atoms. The third-order valence-electron chi connectivity index (χ3n) is 3.91. The summed E-state index contributed by atoms with van der Waals surface area (Å²) in [6, 6.07) is 2.04. The lowest BCUT2D eigenvalue weighted by atomic mass is 10.3. The molecule has 0 aliphatic carbocycles. The summed E-state index contributed by atoms with van der Waals surface area (Å²) >= 11 is 1.63. The van der Waals surface area contributed by atoms with E-state index in [0.717, 1.165) is 5.56 Å². The number of imidazole rings is 2. The van der Waals surface area contributed by atoms with Gasteiger partial charge in [0.25, 0.3) is 5.91 Å². The number of carbonyl (C=O) groups is 1. The van der Waals surface area contributed by atoms with E-state index < -0.39 is 0 Å². The molecule has 0 saturated heterocycles. The van der Waals surface area contributed by atoms with Crippen LogP contribution in [0.2, 0.25) is 0 Å². The van der Waals surface area contributed by atoms with Crippen LogP contribution in [0.15, 0.2) is 60.3 Å². The third kappa shape index (κ3) is 3.43. The van der Waals surface area contributed by atoms with Crippen LogP contribution in [0.4, 0.5) is 0 Å². The van der Waals surface area contributed by atoms with Crippen LogP contribution in [-0.4, -0.2) is 41.3 Å². The average molecular weight is 352 g/mol. The van der Waals surface area contributed by atoms with Gasteiger partial charge in [-0.1, -0.05) is 0 Å². The van der Waals surface area contributed by atoms with Crippen LogP contribution >= 0.6 is 11.3 Å². The summed E-state index contributed by atoms with van der Waals surface area (Å²) in [6.07, 6.45) is 12.2. The van der Waals surface area contributed by atoms with Gasteiger partial charge in [0.05, 0.1) is 12.5 Å². The van der Waals surface area contributed by atoms with Crippen molar-refractivity contribution in [3.63, 3.8) is 0 Å². The van der Waals surface area contributed by atoms with Crippen LogP contribution in [0.3, 0.4) is 0 Å². The van der Waals surface area contributed by atoms with Crippen molar-refractivity contribution >= 4 is 22.9 Å². The van der Waals surface area contributed by atoms with Crippen molar-refractivity contribution < 1.29 is 4.79 Å². The largest absolute Gasteiger partial charge is 0.336 e. The third-order valence-corrected chi connectivity index (χ3v) is 4.64. The number of rotatable bonds is 6. The molecule has 7 nitrogen and oxygen atoms in total. The molecule has 0 unspecified atom stereocenters. The van der Waals surface area contributed by atoms with E-state index in [-0.39, 0.29) is 5.91 Å². The van der Waals surface area contributed by atoms with Crippen molar-refractivity contribution in [1.82, 2.24) is 28.8 Å². The fraction of sp³-hybridized carbons (Fsp3) is 0.176. The number of thiophene rings is 1. The van der Waals surface area contributed by atoms with E-state index in [1.54, 1.807) is 53.0 Å². The zero-order chi connectivity index (χ0) is 17.1. The molecule has 0 fully saturated rings. The highest BCUT2D eigenvalue weighted by Crippen LogP contribution is 2.13. The molecule has 0 aliphatic heterocycles. The average Bonchev–Trinajstić information content (AvgIpc) is 3.39. The van der Waals surface area contributed by atoms with Crippen molar-refractivity contribution in [2.24, 2.45) is 0 Å². The molecule has 0 bridgehead atoms. The Labute approximate surface area is 148 Å². The number of aromatic nitrogens is 5. The van der Waals surface area contributed by atoms with Gasteiger partial charge in [0.2, 0.25) is 0 Å². The summed E-state index contributed by atoms with van der Waals surface area (Å²) < 4.78 is 3.76. The first kappa shape index (κ1) is 15.5. The van der Waals surface area contributed by atoms with Gasteiger partial charge in [-0.25, -0.2) is 9.97 Å². The summed E-state index contributed by atoms with van der Waals surface area (Å²) in [5.74, 6) is -0.0879. The Morgan fingerprint density at radius 2 is 2.16 bits per heavy atom. The maximum absolute atomic E-state index is 13.0. The van der Waals surface area contributed by atoms with Crippen molar-refractivity contribution in [3.05, 3.63) is 71.6 Å². The zero-order valence-corrected chi connectivity index (χ0v) is 14.2. The molecule has 0 aliphatic rings. The molecule has 8 heteroatoms. The summed E-state index contributed by atoms with van der Waals surface area (Å²) in [4.78, 5) is 27.3. The van der Waals surface area contributed by atoms with Gasteiger partial charge in [0.1, 0.15) is 5.69 Å². The highest BCUT2D eigenvalue weighted by molar-refractivity contribution is 7.07. The predicted octanol–water partition coefficient (Wildman–Crippen LogP) is 2.33. The highest BCUT2D eigenvalue weighted by Gasteiger charge is 2.19. The Balaban J connectivity index is 1.57. The van der Waals surface area contributed by atoms with Crippen LogP contribution in [0.5, 0.6) is 0 Å². The molecule has 0 atom stereocenters. The Hall–Kier alpha value is -3.00. The minimum atomic E-state index is -0.0879. The number of nitrogens with zero attached hydrogens (tertiary/aromatic N) is 6. The topological polar surface area (TPSA) is 68.3 Å². The number of hydrogen-bond acceptors (Lipinski definition) is 5. The van der Waals surface area contributed by atoms with E-state index in [0.29, 0.717) is 31.0 Å². The Morgan fingerprint density at radius 3 is 2.92 bits per heavy atom. The van der Waals surface area contributed by atoms with Crippen molar-refractivity contribution in [2.45, 2.75) is 13.1 Å². The highest BCUT2D eigenvalue weighted by atomic mass is 32.1. The molecule has 0 saturated carbocycles. The van der Waals surface area contributed by atoms with Crippen molar-refractivity contribution in [1.29, 1.82) is 0 Å². The summed E-state index contributed by atoms with van der Waals surface area (Å²) in [6.45, 7) is 1.82. The van der Waals surface area contributed by atoms with Gasteiger partial charge in [-0.3, -0.25) is 9.78 Å². The first-order chi connectivity index (χ1) is 12.3. The van der Waals surface area contributed by atoms with Gasteiger partial charge in [-0.2, -0.15) is 11.3 Å². The van der Waals surface area contributed by atoms with E-state index in [9.17, 15) is 4.79 Å². The van der Waals surface area contributed by atoms with Crippen molar-refractivity contribution in [2.75, 3.05) is 6.54 Å². The molecule has 4 aromatic rings. The second-order valence-electron chi connectivity index (χ2n) is 5.63. The fourth-order valence-corrected chi connectivity index (χ4v) is 3.28. The lowest BCUT2D eigenvalue weighted by Gasteiger charge is -2.21. The Morgan fingerprint density at radius 1 is 1.24 bits per heavy atom. The molecule has 0 spiro atoms. The monoisotopic (exact) mass is 352 g/mol. The van der Waals surface area contributed by atoms with Gasteiger partial charge in [-0.15, -0.1) is 0 Å². The Kier molecular flexibility index (Phi) is 4.26. The van der Waals surface area contributed by atoms with Gasteiger partial charge in [0.15, 0.2) is 5.65 Å². The summed E-state index contributed by atoms with van der Waals surface area (Å²) in [5.41, 5.74) is 2.21. The van der Waals surface area contributed by atoms with E-state index in [2.05, 4.69) is 20.3 Å². The standard InChI is InChI=1S/C17H16N6OS/c24-17(15-11-22-5-3-18-9-16(22)20-15)23(10-14-1-8-25-12-14)7-6-21-4-2-19-13-21/h1-5,8-9,11-13H,6-7,10H2. The molecule has 0 radical (unpaired) electrons. The smallest absolute Gasteiger partial charge is 0.274 e. The van der Waals surface area contributed by atoms with E-state index in [4.69, 9.17) is 0 Å². The van der Waals surface area contributed by atoms with Crippen LogP contribution in [0, 0.1) is 0 Å². The van der Waals surface area contributed by atoms with Gasteiger partial charge >= 0.3 is 0 Å². The lowest BCUT2D eigenvalue weighted by Crippen LogP contribution is -2.33. The van der Waals surface area contributed by atoms with Gasteiger partial charge in [0, 0.05) is 50.6 Å². The van der Waals surface area contributed by atoms with Crippen LogP contribution in [0.25, 0.3) is 5.65 Å². The minimum absolute atomic E-state index is 0.0879. The molecular formula is C17H16N6OS. The van der Waals surface area contributed by atoms with E-state index >= 15 is 0 Å². The minimum Gasteiger partial charge on any atom is -0.336 e. The molecule has 126 valence electrons. The van der Waals surface area contributed by atoms with Crippen molar-refractivity contribution in [3.8, 4) is 0 Å². The maximum atomic E-state index is 13.0. The van der Waals surface area contributed by atoms with Crippen LogP contribution in [0.1, 0.15) is 16.1 Å². The molecule has 0 N–H and O–H groups in total. The number of hydrogen-bond donors (Lipinski definition) is 0. The van der Waals surface area contributed by atoms with E-state index in [1.807, 2.05) is 27.1 Å². The predicted molar refractivity (Wildman–Crippen MR) is 94.3 cm³/mol. The Bertz CT molecular complexity index is 927. The fourth-order valence-electron chi connectivity index (χ4n) is 2.62. The van der Waals surface area contributed by atoms with Gasteiger partial charge in [-0.05, 0) is 22.4 Å². The summed E-state index contributed by atoms with van der Waals surface area (Å²) in [7, 11) is 0. The SMILES string of the molecule is O=C(c1cn2ccncc2n1)N(CCn1ccnc1)Cc1ccsc1. The molecule has 1 amide bonds. The summed E-state index contributed by atoms with van der Waals surface area (Å²) in [5, 5.41) is 4.08. The van der Waals surface area contributed by atoms with Crippen LogP contribution in [-0.2, 0) is 13.1 Å². The molecular weight excluding hydrogens is 336 g/mol. The van der Waals surface area contributed by atoms with E-state index in [1.165, 1.54) is 0 Å². The number of amides is 1. The first-order valence-electron chi connectivity index (χ1n) is 7.84.